The molecule has 0 N–H and O–H groups in total. The number of furan rings is 1. The van der Waals surface area contributed by atoms with E-state index in [2.05, 4.69) is 91.0 Å². The summed E-state index contributed by atoms with van der Waals surface area (Å²) in [6, 6.07) is 62.0. The lowest BCUT2D eigenvalue weighted by Crippen LogP contribution is -2.00. The summed E-state index contributed by atoms with van der Waals surface area (Å²) in [7, 11) is 0. The molecule has 11 rings (SSSR count). The molecular formula is C50H30N4O2. The van der Waals surface area contributed by atoms with Gasteiger partial charge in [0.2, 0.25) is 5.89 Å². The number of nitrogens with zero attached hydrogens (tertiary/aromatic N) is 4. The summed E-state index contributed by atoms with van der Waals surface area (Å²) < 4.78 is 12.3. The van der Waals surface area contributed by atoms with Crippen LogP contribution in [0.25, 0.3) is 112 Å². The van der Waals surface area contributed by atoms with Gasteiger partial charge < -0.3 is 8.83 Å². The highest BCUT2D eigenvalue weighted by Gasteiger charge is 2.17. The largest absolute Gasteiger partial charge is 0.456 e. The van der Waals surface area contributed by atoms with E-state index in [0.29, 0.717) is 23.4 Å². The quantitative estimate of drug-likeness (QED) is 0.170. The van der Waals surface area contributed by atoms with Crippen molar-refractivity contribution in [3.8, 4) is 67.9 Å². The number of oxazole rings is 1. The van der Waals surface area contributed by atoms with Crippen molar-refractivity contribution in [2.75, 3.05) is 0 Å². The summed E-state index contributed by atoms with van der Waals surface area (Å²) in [5, 5.41) is 4.30. The van der Waals surface area contributed by atoms with Gasteiger partial charge in [0.1, 0.15) is 16.7 Å². The van der Waals surface area contributed by atoms with Gasteiger partial charge in [0.25, 0.3) is 0 Å². The van der Waals surface area contributed by atoms with Crippen molar-refractivity contribution in [3.63, 3.8) is 0 Å². The molecule has 0 atom stereocenters. The van der Waals surface area contributed by atoms with Crippen molar-refractivity contribution in [1.82, 2.24) is 19.9 Å². The SMILES string of the molecule is c1ccc(-c2nc(-c3ccccc3)nc(-c3ccc(-c4ccc(-c5ccc(-c6nc7cc8oc9ccccc9c8cc7o6)cc5)cc4)c4ccccc34)n2)cc1. The summed E-state index contributed by atoms with van der Waals surface area (Å²) in [5.74, 6) is 2.51. The van der Waals surface area contributed by atoms with Gasteiger partial charge in [-0.3, -0.25) is 0 Å². The zero-order chi connectivity index (χ0) is 37.0. The Morgan fingerprint density at radius 2 is 0.804 bits per heavy atom. The fourth-order valence-corrected chi connectivity index (χ4v) is 7.59. The van der Waals surface area contributed by atoms with Crippen LogP contribution < -0.4 is 0 Å². The molecule has 0 aliphatic rings. The normalized spacial score (nSPS) is 11.6. The van der Waals surface area contributed by atoms with Gasteiger partial charge in [-0.15, -0.1) is 0 Å². The molecule has 0 radical (unpaired) electrons. The van der Waals surface area contributed by atoms with Crippen molar-refractivity contribution >= 4 is 43.8 Å². The number of hydrogen-bond acceptors (Lipinski definition) is 6. The van der Waals surface area contributed by atoms with Crippen LogP contribution in [0.15, 0.2) is 191 Å². The van der Waals surface area contributed by atoms with Crippen LogP contribution in [0.1, 0.15) is 0 Å². The fraction of sp³-hybridized carbons (Fsp3) is 0. The molecular weight excluding hydrogens is 689 g/mol. The summed E-state index contributed by atoms with van der Waals surface area (Å²) in [6.45, 7) is 0. The molecule has 262 valence electrons. The molecule has 6 heteroatoms. The van der Waals surface area contributed by atoms with Gasteiger partial charge in [-0.25, -0.2) is 19.9 Å². The van der Waals surface area contributed by atoms with Crippen molar-refractivity contribution in [2.45, 2.75) is 0 Å². The first-order valence-corrected chi connectivity index (χ1v) is 18.5. The van der Waals surface area contributed by atoms with Gasteiger partial charge in [-0.2, -0.15) is 0 Å². The summed E-state index contributed by atoms with van der Waals surface area (Å²) >= 11 is 0. The zero-order valence-electron chi connectivity index (χ0n) is 29.9. The van der Waals surface area contributed by atoms with E-state index in [9.17, 15) is 0 Å². The van der Waals surface area contributed by atoms with Crippen LogP contribution in [0.3, 0.4) is 0 Å². The van der Waals surface area contributed by atoms with Crippen LogP contribution in [0, 0.1) is 0 Å². The number of benzene rings is 8. The number of fused-ring (bicyclic) bond motifs is 5. The Labute approximate surface area is 321 Å². The Bertz CT molecular complexity index is 3170. The van der Waals surface area contributed by atoms with Gasteiger partial charge in [0.15, 0.2) is 23.1 Å². The lowest BCUT2D eigenvalue weighted by molar-refractivity contribution is 0.620. The second-order valence-corrected chi connectivity index (χ2v) is 13.8. The number of para-hydroxylation sites is 1. The van der Waals surface area contributed by atoms with Crippen molar-refractivity contribution in [2.24, 2.45) is 0 Å². The highest BCUT2D eigenvalue weighted by molar-refractivity contribution is 6.09. The molecule has 0 bridgehead atoms. The van der Waals surface area contributed by atoms with Gasteiger partial charge in [0.05, 0.1) is 0 Å². The van der Waals surface area contributed by atoms with Crippen LogP contribution in [-0.4, -0.2) is 19.9 Å². The van der Waals surface area contributed by atoms with E-state index in [1.807, 2.05) is 91.0 Å². The average molecular weight is 719 g/mol. The first-order chi connectivity index (χ1) is 27.7. The third-order valence-electron chi connectivity index (χ3n) is 10.4. The monoisotopic (exact) mass is 718 g/mol. The van der Waals surface area contributed by atoms with E-state index in [0.717, 1.165) is 88.3 Å². The van der Waals surface area contributed by atoms with Gasteiger partial charge in [-0.05, 0) is 63.4 Å². The Kier molecular flexibility index (Phi) is 7.38. The maximum atomic E-state index is 6.25. The molecule has 0 aliphatic heterocycles. The number of rotatable bonds is 6. The molecule has 11 aromatic rings. The highest BCUT2D eigenvalue weighted by Crippen LogP contribution is 2.38. The lowest BCUT2D eigenvalue weighted by atomic mass is 9.93. The second kappa shape index (κ2) is 13.0. The van der Waals surface area contributed by atoms with Crippen LogP contribution in [-0.2, 0) is 0 Å². The standard InChI is InChI=1S/C50H30N4O2/c1-3-11-34(12-4-1)47-52-48(35-13-5-2-6-14-35)54-49(53-47)41-28-27-37(38-15-7-8-16-39(38)41)33-23-19-31(20-24-33)32-21-25-36(26-22-32)50-51-43-30-45-42(29-46(43)56-50)40-17-9-10-18-44(40)55-45/h1-30H. The fourth-order valence-electron chi connectivity index (χ4n) is 7.59. The van der Waals surface area contributed by atoms with E-state index in [-0.39, 0.29) is 0 Å². The third kappa shape index (κ3) is 5.51. The van der Waals surface area contributed by atoms with E-state index in [1.165, 1.54) is 0 Å². The molecule has 0 saturated carbocycles. The Morgan fingerprint density at radius 1 is 0.286 bits per heavy atom. The molecule has 0 unspecified atom stereocenters. The van der Waals surface area contributed by atoms with Crippen molar-refractivity contribution < 1.29 is 8.83 Å². The Balaban J connectivity index is 0.908. The van der Waals surface area contributed by atoms with Crippen LogP contribution in [0.4, 0.5) is 0 Å². The molecule has 0 spiro atoms. The van der Waals surface area contributed by atoms with Crippen LogP contribution in [0.2, 0.25) is 0 Å². The van der Waals surface area contributed by atoms with Gasteiger partial charge in [-0.1, -0.05) is 146 Å². The van der Waals surface area contributed by atoms with Crippen molar-refractivity contribution in [1.29, 1.82) is 0 Å². The third-order valence-corrected chi connectivity index (χ3v) is 10.4. The van der Waals surface area contributed by atoms with Gasteiger partial charge >= 0.3 is 0 Å². The molecule has 3 heterocycles. The minimum Gasteiger partial charge on any atom is -0.456 e. The first kappa shape index (κ1) is 31.8. The Hall–Kier alpha value is -7.70. The summed E-state index contributed by atoms with van der Waals surface area (Å²) in [4.78, 5) is 19.7. The molecule has 3 aromatic heterocycles. The second-order valence-electron chi connectivity index (χ2n) is 13.8. The molecule has 0 aliphatic carbocycles. The predicted molar refractivity (Wildman–Crippen MR) is 225 cm³/mol. The molecule has 0 amide bonds. The molecule has 0 saturated heterocycles. The molecule has 0 fully saturated rings. The van der Waals surface area contributed by atoms with Crippen LogP contribution >= 0.6 is 0 Å². The minimum absolute atomic E-state index is 0.582. The highest BCUT2D eigenvalue weighted by atomic mass is 16.4. The Morgan fingerprint density at radius 3 is 1.46 bits per heavy atom. The smallest absolute Gasteiger partial charge is 0.227 e. The molecule has 56 heavy (non-hydrogen) atoms. The summed E-state index contributed by atoms with van der Waals surface area (Å²) in [6.07, 6.45) is 0. The first-order valence-electron chi connectivity index (χ1n) is 18.5. The predicted octanol–water partition coefficient (Wildman–Crippen LogP) is 13.1. The number of aromatic nitrogens is 4. The maximum absolute atomic E-state index is 6.25. The van der Waals surface area contributed by atoms with E-state index < -0.39 is 0 Å². The average Bonchev–Trinajstić information content (AvgIpc) is 3.86. The minimum atomic E-state index is 0.582. The van der Waals surface area contributed by atoms with Crippen molar-refractivity contribution in [3.05, 3.63) is 182 Å². The lowest BCUT2D eigenvalue weighted by Gasteiger charge is -2.13. The number of hydrogen-bond donors (Lipinski definition) is 0. The maximum Gasteiger partial charge on any atom is 0.227 e. The molecule has 6 nitrogen and oxygen atoms in total. The van der Waals surface area contributed by atoms with Gasteiger partial charge in [0, 0.05) is 39.1 Å². The topological polar surface area (TPSA) is 77.8 Å². The zero-order valence-corrected chi connectivity index (χ0v) is 29.9. The van der Waals surface area contributed by atoms with Crippen LogP contribution in [0.5, 0.6) is 0 Å². The van der Waals surface area contributed by atoms with E-state index in [4.69, 9.17) is 28.8 Å². The van der Waals surface area contributed by atoms with E-state index in [1.54, 1.807) is 0 Å². The van der Waals surface area contributed by atoms with E-state index >= 15 is 0 Å². The summed E-state index contributed by atoms with van der Waals surface area (Å²) in [5.41, 5.74) is 11.4. The molecule has 8 aromatic carbocycles.